The second kappa shape index (κ2) is 5.35. The summed E-state index contributed by atoms with van der Waals surface area (Å²) in [6.45, 7) is 10.7. The molecule has 2 heteroatoms. The van der Waals surface area contributed by atoms with E-state index in [4.69, 9.17) is 10.5 Å². The van der Waals surface area contributed by atoms with Gasteiger partial charge in [0.05, 0.1) is 0 Å². The molecule has 22 heavy (non-hydrogen) atoms. The van der Waals surface area contributed by atoms with Crippen molar-refractivity contribution < 1.29 is 4.74 Å². The third-order valence-electron chi connectivity index (χ3n) is 4.98. The van der Waals surface area contributed by atoms with Crippen LogP contribution in [0.3, 0.4) is 0 Å². The van der Waals surface area contributed by atoms with E-state index in [-0.39, 0.29) is 12.0 Å². The van der Waals surface area contributed by atoms with Gasteiger partial charge in [-0.2, -0.15) is 0 Å². The van der Waals surface area contributed by atoms with Crippen LogP contribution in [-0.4, -0.2) is 6.10 Å². The van der Waals surface area contributed by atoms with Crippen molar-refractivity contribution in [1.82, 2.24) is 0 Å². The lowest BCUT2D eigenvalue weighted by molar-refractivity contribution is 0.237. The summed E-state index contributed by atoms with van der Waals surface area (Å²) in [6.07, 6.45) is 0.139. The highest BCUT2D eigenvalue weighted by Crippen LogP contribution is 2.46. The van der Waals surface area contributed by atoms with Gasteiger partial charge >= 0.3 is 0 Å². The van der Waals surface area contributed by atoms with Crippen LogP contribution in [0.25, 0.3) is 0 Å². The van der Waals surface area contributed by atoms with Crippen molar-refractivity contribution >= 4 is 5.69 Å². The smallest absolute Gasteiger partial charge is 0.127 e. The molecule has 0 aromatic heterocycles. The van der Waals surface area contributed by atoms with Crippen LogP contribution in [0, 0.1) is 13.8 Å². The van der Waals surface area contributed by atoms with Crippen LogP contribution >= 0.6 is 0 Å². The van der Waals surface area contributed by atoms with Crippen molar-refractivity contribution in [3.8, 4) is 5.75 Å². The van der Waals surface area contributed by atoms with Crippen molar-refractivity contribution in [1.29, 1.82) is 0 Å². The van der Waals surface area contributed by atoms with Gasteiger partial charge in [-0.25, -0.2) is 0 Å². The van der Waals surface area contributed by atoms with Crippen molar-refractivity contribution in [3.63, 3.8) is 0 Å². The number of nitrogen functional groups attached to an aromatic ring is 1. The first kappa shape index (κ1) is 15.0. The number of benzene rings is 2. The molecule has 2 unspecified atom stereocenters. The monoisotopic (exact) mass is 295 g/mol. The van der Waals surface area contributed by atoms with Crippen LogP contribution in [0.2, 0.25) is 0 Å². The van der Waals surface area contributed by atoms with E-state index in [0.717, 1.165) is 17.0 Å². The fourth-order valence-corrected chi connectivity index (χ4v) is 3.38. The van der Waals surface area contributed by atoms with Gasteiger partial charge in [0.2, 0.25) is 0 Å². The Kier molecular flexibility index (Phi) is 3.64. The topological polar surface area (TPSA) is 35.2 Å². The molecule has 0 saturated heterocycles. The Morgan fingerprint density at radius 3 is 2.27 bits per heavy atom. The quantitative estimate of drug-likeness (QED) is 0.798. The van der Waals surface area contributed by atoms with Crippen molar-refractivity contribution in [2.24, 2.45) is 0 Å². The molecule has 0 saturated carbocycles. The summed E-state index contributed by atoms with van der Waals surface area (Å²) >= 11 is 0. The van der Waals surface area contributed by atoms with E-state index in [9.17, 15) is 0 Å². The van der Waals surface area contributed by atoms with Crippen molar-refractivity contribution in [3.05, 3.63) is 58.1 Å². The fourth-order valence-electron chi connectivity index (χ4n) is 3.38. The summed E-state index contributed by atoms with van der Waals surface area (Å²) in [5, 5.41) is 0. The molecule has 0 fully saturated rings. The summed E-state index contributed by atoms with van der Waals surface area (Å²) in [4.78, 5) is 0. The first-order chi connectivity index (χ1) is 10.4. The van der Waals surface area contributed by atoms with Crippen LogP contribution in [0.1, 0.15) is 60.4 Å². The third kappa shape index (κ3) is 2.27. The number of hydrogen-bond donors (Lipinski definition) is 1. The zero-order valence-electron chi connectivity index (χ0n) is 14.1. The molecule has 116 valence electrons. The van der Waals surface area contributed by atoms with Crippen molar-refractivity contribution in [2.75, 3.05) is 5.73 Å². The summed E-state index contributed by atoms with van der Waals surface area (Å²) in [5.41, 5.74) is 13.2. The largest absolute Gasteiger partial charge is 0.489 e. The zero-order valence-corrected chi connectivity index (χ0v) is 14.1. The Hall–Kier alpha value is -1.96. The Morgan fingerprint density at radius 2 is 1.68 bits per heavy atom. The highest BCUT2D eigenvalue weighted by atomic mass is 16.5. The van der Waals surface area contributed by atoms with Gasteiger partial charge in [0, 0.05) is 17.2 Å². The Morgan fingerprint density at radius 1 is 1.05 bits per heavy atom. The average Bonchev–Trinajstić information content (AvgIpc) is 2.81. The van der Waals surface area contributed by atoms with Gasteiger partial charge in [0.1, 0.15) is 11.9 Å². The molecule has 0 amide bonds. The van der Waals surface area contributed by atoms with Gasteiger partial charge in [-0.15, -0.1) is 0 Å². The van der Waals surface area contributed by atoms with Gasteiger partial charge in [-0.3, -0.25) is 0 Å². The van der Waals surface area contributed by atoms with Crippen molar-refractivity contribution in [2.45, 2.75) is 52.6 Å². The lowest BCUT2D eigenvalue weighted by atomic mass is 9.86. The second-order valence-corrected chi connectivity index (χ2v) is 6.76. The Bertz CT molecular complexity index is 701. The summed E-state index contributed by atoms with van der Waals surface area (Å²) in [5.74, 6) is 1.84. The molecular formula is C20H25NO. The molecule has 2 aromatic rings. The minimum absolute atomic E-state index is 0.139. The Labute approximate surface area is 133 Å². The van der Waals surface area contributed by atoms with E-state index < -0.39 is 0 Å². The van der Waals surface area contributed by atoms with Gasteiger partial charge in [0.15, 0.2) is 0 Å². The maximum Gasteiger partial charge on any atom is 0.127 e. The molecule has 1 aliphatic rings. The summed E-state index contributed by atoms with van der Waals surface area (Å²) in [6, 6.07) is 11.0. The third-order valence-corrected chi connectivity index (χ3v) is 4.98. The normalized spacial score (nSPS) is 20.1. The number of nitrogens with two attached hydrogens (primary N) is 1. The molecular weight excluding hydrogens is 270 g/mol. The maximum absolute atomic E-state index is 6.19. The predicted molar refractivity (Wildman–Crippen MR) is 92.8 cm³/mol. The first-order valence-corrected chi connectivity index (χ1v) is 8.06. The molecule has 0 aliphatic carbocycles. The molecule has 2 N–H and O–H groups in total. The number of fused-ring (bicyclic) bond motifs is 1. The number of rotatable bonds is 2. The summed E-state index contributed by atoms with van der Waals surface area (Å²) in [7, 11) is 0. The van der Waals surface area contributed by atoms with Gasteiger partial charge in [0.25, 0.3) is 0 Å². The van der Waals surface area contributed by atoms with Gasteiger partial charge in [-0.1, -0.05) is 38.1 Å². The number of anilines is 1. The molecule has 0 bridgehead atoms. The lowest BCUT2D eigenvalue weighted by Gasteiger charge is -2.17. The molecule has 1 aliphatic heterocycles. The standard InChI is InChI=1S/C20H25NO/c1-11(2)15-6-8-16(9-7-15)19-14(5)22-20-13(4)12(3)18(21)10-17(19)20/h6-11,14,19H,21H2,1-5H3. The minimum atomic E-state index is 0.139. The molecule has 1 heterocycles. The van der Waals surface area contributed by atoms with Crippen LogP contribution in [0.5, 0.6) is 5.75 Å². The van der Waals surface area contributed by atoms with E-state index in [1.807, 2.05) is 0 Å². The van der Waals surface area contributed by atoms with Crippen LogP contribution in [-0.2, 0) is 0 Å². The molecule has 2 nitrogen and oxygen atoms in total. The fraction of sp³-hybridized carbons (Fsp3) is 0.400. The van der Waals surface area contributed by atoms with Crippen LogP contribution in [0.4, 0.5) is 5.69 Å². The number of ether oxygens (including phenoxy) is 1. The number of hydrogen-bond acceptors (Lipinski definition) is 2. The van der Waals surface area contributed by atoms with Gasteiger partial charge < -0.3 is 10.5 Å². The highest BCUT2D eigenvalue weighted by Gasteiger charge is 2.34. The zero-order chi connectivity index (χ0) is 16.0. The summed E-state index contributed by atoms with van der Waals surface area (Å²) < 4.78 is 6.16. The van der Waals surface area contributed by atoms with E-state index in [0.29, 0.717) is 5.92 Å². The molecule has 0 radical (unpaired) electrons. The predicted octanol–water partition coefficient (Wildman–Crippen LogP) is 4.92. The second-order valence-electron chi connectivity index (χ2n) is 6.76. The van der Waals surface area contributed by atoms with Crippen LogP contribution in [0.15, 0.2) is 30.3 Å². The lowest BCUT2D eigenvalue weighted by Crippen LogP contribution is -2.15. The maximum atomic E-state index is 6.19. The van der Waals surface area contributed by atoms with Crippen LogP contribution < -0.4 is 10.5 Å². The van der Waals surface area contributed by atoms with E-state index >= 15 is 0 Å². The van der Waals surface area contributed by atoms with E-state index in [1.165, 1.54) is 22.3 Å². The average molecular weight is 295 g/mol. The van der Waals surface area contributed by atoms with E-state index in [2.05, 4.69) is 65.0 Å². The highest BCUT2D eigenvalue weighted by molar-refractivity contribution is 5.63. The first-order valence-electron chi connectivity index (χ1n) is 8.06. The van der Waals surface area contributed by atoms with E-state index in [1.54, 1.807) is 0 Å². The molecule has 0 spiro atoms. The molecule has 2 aromatic carbocycles. The minimum Gasteiger partial charge on any atom is -0.489 e. The molecule has 2 atom stereocenters. The SMILES string of the molecule is Cc1c(N)cc2c(c1C)OC(C)C2c1ccc(C(C)C)cc1. The van der Waals surface area contributed by atoms with Gasteiger partial charge in [-0.05, 0) is 55.0 Å². The molecule has 3 rings (SSSR count). The Balaban J connectivity index is 2.07.